The lowest BCUT2D eigenvalue weighted by Gasteiger charge is -2.35. The van der Waals surface area contributed by atoms with E-state index in [0.717, 1.165) is 23.5 Å². The maximum atomic E-state index is 13.6. The fraction of sp³-hybridized carbons (Fsp3) is 0.522. The highest BCUT2D eigenvalue weighted by Gasteiger charge is 2.53. The Morgan fingerprint density at radius 3 is 2.19 bits per heavy atom. The van der Waals surface area contributed by atoms with E-state index in [9.17, 15) is 13.6 Å². The minimum absolute atomic E-state index is 0.0521. The molecule has 0 N–H and O–H groups in total. The highest BCUT2D eigenvalue weighted by atomic mass is 79.9. The van der Waals surface area contributed by atoms with Crippen molar-refractivity contribution in [1.29, 1.82) is 0 Å². The molecule has 3 heterocycles. The highest BCUT2D eigenvalue weighted by Crippen LogP contribution is 2.39. The molecule has 1 saturated heterocycles. The molecule has 5 nitrogen and oxygen atoms in total. The van der Waals surface area contributed by atoms with Crippen LogP contribution < -0.4 is 5.46 Å². The number of ketones is 1. The largest absolute Gasteiger partial charge is 0.496 e. The summed E-state index contributed by atoms with van der Waals surface area (Å²) < 4.78 is 40.0. The number of halogens is 3. The summed E-state index contributed by atoms with van der Waals surface area (Å²) in [6.07, 6.45) is 4.00. The molecule has 2 aromatic rings. The maximum absolute atomic E-state index is 13.6. The predicted molar refractivity (Wildman–Crippen MR) is 126 cm³/mol. The van der Waals surface area contributed by atoms with E-state index in [1.54, 1.807) is 25.4 Å². The molecule has 0 spiro atoms. The fourth-order valence-electron chi connectivity index (χ4n) is 3.43. The van der Waals surface area contributed by atoms with Crippen LogP contribution in [0.4, 0.5) is 8.78 Å². The number of alkyl halides is 2. The van der Waals surface area contributed by atoms with Gasteiger partial charge in [-0.05, 0) is 76.0 Å². The topological polar surface area (TPSA) is 61.3 Å². The molecule has 1 aliphatic heterocycles. The Hall–Kier alpha value is -1.71. The lowest BCUT2D eigenvalue weighted by Crippen LogP contribution is -2.44. The minimum atomic E-state index is -2.94. The zero-order valence-corrected chi connectivity index (χ0v) is 21.4. The number of hydrogen-bond donors (Lipinski definition) is 0. The SMILES string of the molecule is CC(=O)c1cc(Br)cnc1C.CCC1(C)OB(c2cnc(C)c(C(C)(F)F)c2)OC1(C)C. The van der Waals surface area contributed by atoms with E-state index in [4.69, 9.17) is 9.31 Å². The zero-order valence-electron chi connectivity index (χ0n) is 19.8. The van der Waals surface area contributed by atoms with Gasteiger partial charge in [0, 0.05) is 51.8 Å². The van der Waals surface area contributed by atoms with Crippen molar-refractivity contribution in [3.63, 3.8) is 0 Å². The van der Waals surface area contributed by atoms with E-state index in [0.29, 0.717) is 16.7 Å². The molecule has 1 fully saturated rings. The number of Topliss-reactive ketones (excluding diaryl/α,β-unsaturated/α-hetero) is 1. The van der Waals surface area contributed by atoms with Crippen LogP contribution >= 0.6 is 15.9 Å². The maximum Gasteiger partial charge on any atom is 0.496 e. The molecule has 0 bridgehead atoms. The number of aryl methyl sites for hydroxylation is 2. The molecule has 0 radical (unpaired) electrons. The summed E-state index contributed by atoms with van der Waals surface area (Å²) in [5.74, 6) is -2.88. The summed E-state index contributed by atoms with van der Waals surface area (Å²) in [4.78, 5) is 19.1. The van der Waals surface area contributed by atoms with E-state index in [1.807, 2.05) is 34.6 Å². The van der Waals surface area contributed by atoms with Crippen molar-refractivity contribution in [2.75, 3.05) is 0 Å². The Balaban J connectivity index is 0.000000278. The first-order chi connectivity index (χ1) is 14.6. The molecule has 9 heteroatoms. The van der Waals surface area contributed by atoms with E-state index in [-0.39, 0.29) is 11.3 Å². The number of carbonyl (C=O) groups excluding carboxylic acids is 1. The molecule has 0 saturated carbocycles. The first kappa shape index (κ1) is 26.5. The normalized spacial score (nSPS) is 20.0. The quantitative estimate of drug-likeness (QED) is 0.398. The monoisotopic (exact) mass is 510 g/mol. The van der Waals surface area contributed by atoms with Gasteiger partial charge in [-0.1, -0.05) is 6.92 Å². The number of aromatic nitrogens is 2. The number of nitrogens with zero attached hydrogens (tertiary/aromatic N) is 2. The molecular formula is C23H30BBrF2N2O3. The van der Waals surface area contributed by atoms with E-state index in [2.05, 4.69) is 25.9 Å². The third kappa shape index (κ3) is 5.80. The molecule has 0 aromatic carbocycles. The molecular weight excluding hydrogens is 481 g/mol. The van der Waals surface area contributed by atoms with Crippen LogP contribution in [0.5, 0.6) is 0 Å². The third-order valence-electron chi connectivity index (χ3n) is 6.00. The standard InChI is InChI=1S/C15H22BF2NO2.C8H8BrNO/c1-7-14(5)13(3,4)20-16(21-14)11-8-12(15(6,17)18)10(2)19-9-11;1-5-8(6(2)11)3-7(9)4-10-5/h8-9H,7H2,1-6H3;3-4H,1-2H3. The lowest BCUT2D eigenvalue weighted by molar-refractivity contribution is -0.0118. The second kappa shape index (κ2) is 9.65. The van der Waals surface area contributed by atoms with Crippen LogP contribution in [0.3, 0.4) is 0 Å². The Morgan fingerprint density at radius 1 is 1.12 bits per heavy atom. The van der Waals surface area contributed by atoms with Crippen molar-refractivity contribution < 1.29 is 22.9 Å². The van der Waals surface area contributed by atoms with Gasteiger partial charge in [-0.15, -0.1) is 0 Å². The van der Waals surface area contributed by atoms with Crippen LogP contribution in [0.25, 0.3) is 0 Å². The molecule has 1 unspecified atom stereocenters. The molecule has 2 aromatic heterocycles. The Kier molecular flexibility index (Phi) is 8.01. The van der Waals surface area contributed by atoms with Crippen molar-refractivity contribution in [3.8, 4) is 0 Å². The lowest BCUT2D eigenvalue weighted by atomic mass is 9.79. The minimum Gasteiger partial charge on any atom is -0.399 e. The molecule has 1 aliphatic rings. The summed E-state index contributed by atoms with van der Waals surface area (Å²) in [5, 5.41) is 0. The second-order valence-corrected chi connectivity index (χ2v) is 9.71. The van der Waals surface area contributed by atoms with Crippen LogP contribution in [0.2, 0.25) is 0 Å². The molecule has 174 valence electrons. The average molecular weight is 511 g/mol. The smallest absolute Gasteiger partial charge is 0.399 e. The summed E-state index contributed by atoms with van der Waals surface area (Å²) in [5.41, 5.74) is 1.27. The van der Waals surface area contributed by atoms with Crippen molar-refractivity contribution in [2.45, 2.75) is 78.9 Å². The van der Waals surface area contributed by atoms with Gasteiger partial charge in [0.15, 0.2) is 5.78 Å². The van der Waals surface area contributed by atoms with Gasteiger partial charge < -0.3 is 9.31 Å². The van der Waals surface area contributed by atoms with E-state index >= 15 is 0 Å². The molecule has 32 heavy (non-hydrogen) atoms. The van der Waals surface area contributed by atoms with Crippen LogP contribution in [0.1, 0.15) is 75.3 Å². The van der Waals surface area contributed by atoms with Gasteiger partial charge in [-0.2, -0.15) is 0 Å². The first-order valence-corrected chi connectivity index (χ1v) is 11.2. The van der Waals surface area contributed by atoms with Gasteiger partial charge in [-0.25, -0.2) is 8.78 Å². The van der Waals surface area contributed by atoms with Gasteiger partial charge in [0.05, 0.1) is 11.2 Å². The van der Waals surface area contributed by atoms with Gasteiger partial charge in [0.2, 0.25) is 0 Å². The van der Waals surface area contributed by atoms with Crippen LogP contribution in [-0.4, -0.2) is 34.1 Å². The summed E-state index contributed by atoms with van der Waals surface area (Å²) >= 11 is 3.25. The van der Waals surface area contributed by atoms with Gasteiger partial charge in [-0.3, -0.25) is 14.8 Å². The number of carbonyl (C=O) groups is 1. The number of rotatable bonds is 4. The van der Waals surface area contributed by atoms with Gasteiger partial charge in [0.25, 0.3) is 5.92 Å². The van der Waals surface area contributed by atoms with Crippen LogP contribution in [0, 0.1) is 13.8 Å². The van der Waals surface area contributed by atoms with Crippen molar-refractivity contribution in [2.24, 2.45) is 0 Å². The fourth-order valence-corrected chi connectivity index (χ4v) is 3.76. The Bertz CT molecular complexity index is 998. The Morgan fingerprint density at radius 2 is 1.72 bits per heavy atom. The summed E-state index contributed by atoms with van der Waals surface area (Å²) in [6, 6.07) is 3.22. The Labute approximate surface area is 197 Å². The second-order valence-electron chi connectivity index (χ2n) is 8.80. The van der Waals surface area contributed by atoms with Crippen LogP contribution in [-0.2, 0) is 15.2 Å². The average Bonchev–Trinajstić information content (AvgIpc) is 2.93. The predicted octanol–water partition coefficient (Wildman–Crippen LogP) is 5.55. The molecule has 0 aliphatic carbocycles. The summed E-state index contributed by atoms with van der Waals surface area (Å²) in [6.45, 7) is 13.7. The van der Waals surface area contributed by atoms with Gasteiger partial charge in [0.1, 0.15) is 0 Å². The van der Waals surface area contributed by atoms with Gasteiger partial charge >= 0.3 is 7.12 Å². The van der Waals surface area contributed by atoms with Crippen molar-refractivity contribution >= 4 is 34.3 Å². The van der Waals surface area contributed by atoms with E-state index in [1.165, 1.54) is 13.0 Å². The summed E-state index contributed by atoms with van der Waals surface area (Å²) in [7, 11) is -0.667. The van der Waals surface area contributed by atoms with Crippen molar-refractivity contribution in [3.05, 3.63) is 51.5 Å². The number of hydrogen-bond acceptors (Lipinski definition) is 5. The van der Waals surface area contributed by atoms with Crippen LogP contribution in [0.15, 0.2) is 29.0 Å². The number of pyridine rings is 2. The van der Waals surface area contributed by atoms with E-state index < -0.39 is 24.2 Å². The zero-order chi connectivity index (χ0) is 24.5. The van der Waals surface area contributed by atoms with Crippen molar-refractivity contribution in [1.82, 2.24) is 9.97 Å². The highest BCUT2D eigenvalue weighted by molar-refractivity contribution is 9.10. The first-order valence-electron chi connectivity index (χ1n) is 10.4. The molecule has 1 atom stereocenters. The molecule has 0 amide bonds. The molecule has 3 rings (SSSR count). The third-order valence-corrected chi connectivity index (χ3v) is 6.44.